The number of pyridine rings is 2. The summed E-state index contributed by atoms with van der Waals surface area (Å²) in [5.41, 5.74) is 4.31. The first-order valence-electron chi connectivity index (χ1n) is 13.8. The third-order valence-electron chi connectivity index (χ3n) is 7.52. The average molecular weight is 573 g/mol. The van der Waals surface area contributed by atoms with Crippen LogP contribution in [0.2, 0.25) is 0 Å². The lowest BCUT2D eigenvalue weighted by Crippen LogP contribution is -2.39. The molecule has 5 rings (SSSR count). The van der Waals surface area contributed by atoms with Gasteiger partial charge in [0.1, 0.15) is 18.1 Å². The Labute approximate surface area is 243 Å². The normalized spacial score (nSPS) is 12.6. The molecule has 0 bridgehead atoms. The van der Waals surface area contributed by atoms with E-state index in [1.54, 1.807) is 31.2 Å². The maximum absolute atomic E-state index is 14.1. The topological polar surface area (TPSA) is 126 Å². The lowest BCUT2D eigenvalue weighted by Gasteiger charge is -2.23. The fourth-order valence-corrected chi connectivity index (χ4v) is 5.45. The molecule has 4 aromatic heterocycles. The highest BCUT2D eigenvalue weighted by Crippen LogP contribution is 2.39. The van der Waals surface area contributed by atoms with E-state index in [1.807, 2.05) is 65.0 Å². The number of aryl methyl sites for hydroxylation is 2. The molecule has 0 aliphatic heterocycles. The predicted molar refractivity (Wildman–Crippen MR) is 160 cm³/mol. The van der Waals surface area contributed by atoms with Crippen molar-refractivity contribution in [3.05, 3.63) is 70.4 Å². The van der Waals surface area contributed by atoms with Gasteiger partial charge in [0.25, 0.3) is 0 Å². The molecule has 4 heterocycles. The van der Waals surface area contributed by atoms with Crippen molar-refractivity contribution >= 4 is 27.8 Å². The summed E-state index contributed by atoms with van der Waals surface area (Å²) in [6, 6.07) is 8.97. The Hall–Kier alpha value is -4.51. The van der Waals surface area contributed by atoms with Gasteiger partial charge < -0.3 is 19.3 Å². The number of nitrogens with zero attached hydrogens (tertiary/aromatic N) is 5. The lowest BCUT2D eigenvalue weighted by atomic mass is 9.95. The summed E-state index contributed by atoms with van der Waals surface area (Å²) in [4.78, 5) is 36.5. The van der Waals surface area contributed by atoms with Crippen molar-refractivity contribution in [1.29, 1.82) is 0 Å². The molecule has 5 aromatic rings. The number of carbonyl (C=O) groups is 1. The third-order valence-corrected chi connectivity index (χ3v) is 7.52. The summed E-state index contributed by atoms with van der Waals surface area (Å²) in [5, 5.41) is 7.76. The number of carbonyl (C=O) groups excluding carboxylic acids is 1. The SMILES string of the molecule is COCC(C)(C)CNC(=O)Cn1c(=O)n(C(C)c2ccccn2)c2c3cc(OC)c(-c4c(C)noc4C)cc3ncc21. The molecular formula is C31H36N6O5. The van der Waals surface area contributed by atoms with Gasteiger partial charge in [-0.2, -0.15) is 0 Å². The summed E-state index contributed by atoms with van der Waals surface area (Å²) in [5.74, 6) is 0.969. The van der Waals surface area contributed by atoms with Crippen molar-refractivity contribution in [2.24, 2.45) is 5.41 Å². The quantitative estimate of drug-likeness (QED) is 0.261. The van der Waals surface area contributed by atoms with Crippen molar-refractivity contribution in [3.8, 4) is 16.9 Å². The molecule has 11 heteroatoms. The highest BCUT2D eigenvalue weighted by Gasteiger charge is 2.26. The molecule has 1 N–H and O–H groups in total. The van der Waals surface area contributed by atoms with Crippen molar-refractivity contribution in [3.63, 3.8) is 0 Å². The van der Waals surface area contributed by atoms with Gasteiger partial charge in [0.15, 0.2) is 0 Å². The number of amides is 1. The fourth-order valence-electron chi connectivity index (χ4n) is 5.45. The number of benzene rings is 1. The van der Waals surface area contributed by atoms with Crippen LogP contribution in [0.3, 0.4) is 0 Å². The van der Waals surface area contributed by atoms with Gasteiger partial charge in [0, 0.05) is 36.2 Å². The maximum atomic E-state index is 14.1. The molecule has 0 saturated heterocycles. The second kappa shape index (κ2) is 11.4. The molecule has 1 amide bonds. The second-order valence-corrected chi connectivity index (χ2v) is 11.3. The second-order valence-electron chi connectivity index (χ2n) is 11.3. The number of imidazole rings is 1. The standard InChI is InChI=1S/C31H36N6O5/c1-18-28(20(3)42-35-18)22-12-24-21(13-26(22)41-7)29-25(14-33-24)36(15-27(38)34-16-31(4,5)17-40-6)30(39)37(29)19(2)23-10-8-9-11-32-23/h8-14,19H,15-17H2,1-7H3,(H,34,38). The van der Waals surface area contributed by atoms with Crippen molar-refractivity contribution < 1.29 is 18.8 Å². The van der Waals surface area contributed by atoms with Crippen molar-refractivity contribution in [1.82, 2.24) is 29.6 Å². The number of hydrogen-bond acceptors (Lipinski definition) is 8. The number of aromatic nitrogens is 5. The molecular weight excluding hydrogens is 536 g/mol. The Bertz CT molecular complexity index is 1800. The smallest absolute Gasteiger partial charge is 0.330 e. The summed E-state index contributed by atoms with van der Waals surface area (Å²) in [6.07, 6.45) is 3.34. The summed E-state index contributed by atoms with van der Waals surface area (Å²) in [6.45, 7) is 10.4. The molecule has 1 unspecified atom stereocenters. The Morgan fingerprint density at radius 2 is 1.95 bits per heavy atom. The average Bonchev–Trinajstić information content (AvgIpc) is 3.45. The Morgan fingerprint density at radius 1 is 1.17 bits per heavy atom. The zero-order valence-electron chi connectivity index (χ0n) is 25.0. The molecule has 0 radical (unpaired) electrons. The number of nitrogens with one attached hydrogen (secondary N) is 1. The molecule has 1 atom stereocenters. The first-order chi connectivity index (χ1) is 20.1. The lowest BCUT2D eigenvalue weighted by molar-refractivity contribution is -0.122. The molecule has 1 aromatic carbocycles. The summed E-state index contributed by atoms with van der Waals surface area (Å²) in [7, 11) is 3.23. The minimum Gasteiger partial charge on any atom is -0.496 e. The van der Waals surface area contributed by atoms with Gasteiger partial charge >= 0.3 is 5.69 Å². The van der Waals surface area contributed by atoms with E-state index in [0.29, 0.717) is 52.3 Å². The molecule has 42 heavy (non-hydrogen) atoms. The Balaban J connectivity index is 1.70. The minimum absolute atomic E-state index is 0.165. The Kier molecular flexibility index (Phi) is 7.87. The molecule has 0 saturated carbocycles. The van der Waals surface area contributed by atoms with E-state index < -0.39 is 6.04 Å². The predicted octanol–water partition coefficient (Wildman–Crippen LogP) is 4.42. The zero-order chi connectivity index (χ0) is 30.2. The van der Waals surface area contributed by atoms with Crippen molar-refractivity contribution in [2.45, 2.75) is 47.2 Å². The number of methoxy groups -OCH3 is 2. The van der Waals surface area contributed by atoms with Crippen molar-refractivity contribution in [2.75, 3.05) is 27.4 Å². The van der Waals surface area contributed by atoms with Crippen LogP contribution in [0.15, 0.2) is 52.0 Å². The van der Waals surface area contributed by atoms with E-state index in [-0.39, 0.29) is 23.6 Å². The van der Waals surface area contributed by atoms with Crippen LogP contribution in [0.1, 0.15) is 44.0 Å². The molecule has 220 valence electrons. The highest BCUT2D eigenvalue weighted by molar-refractivity contribution is 6.05. The van der Waals surface area contributed by atoms with Gasteiger partial charge in [-0.3, -0.25) is 23.9 Å². The van der Waals surface area contributed by atoms with E-state index >= 15 is 0 Å². The van der Waals surface area contributed by atoms with Gasteiger partial charge in [-0.1, -0.05) is 25.1 Å². The van der Waals surface area contributed by atoms with E-state index in [1.165, 1.54) is 4.57 Å². The van der Waals surface area contributed by atoms with Crippen LogP contribution in [-0.4, -0.2) is 57.5 Å². The third kappa shape index (κ3) is 5.27. The minimum atomic E-state index is -0.426. The van der Waals surface area contributed by atoms with E-state index in [9.17, 15) is 9.59 Å². The fraction of sp³-hybridized carbons (Fsp3) is 0.387. The molecule has 0 spiro atoms. The first kappa shape index (κ1) is 29.0. The van der Waals surface area contributed by atoms with Gasteiger partial charge in [0.2, 0.25) is 5.91 Å². The van der Waals surface area contributed by atoms with Crippen LogP contribution in [0.25, 0.3) is 33.1 Å². The van der Waals surface area contributed by atoms with Gasteiger partial charge in [-0.05, 0) is 45.0 Å². The molecule has 11 nitrogen and oxygen atoms in total. The van der Waals surface area contributed by atoms with Crippen LogP contribution in [0, 0.1) is 19.3 Å². The number of fused-ring (bicyclic) bond motifs is 3. The van der Waals surface area contributed by atoms with Crippen LogP contribution in [-0.2, 0) is 16.1 Å². The largest absolute Gasteiger partial charge is 0.496 e. The zero-order valence-corrected chi connectivity index (χ0v) is 25.0. The summed E-state index contributed by atoms with van der Waals surface area (Å²) >= 11 is 0. The molecule has 0 aliphatic rings. The van der Waals surface area contributed by atoms with Crippen LogP contribution < -0.4 is 15.7 Å². The van der Waals surface area contributed by atoms with Crippen LogP contribution in [0.4, 0.5) is 0 Å². The van der Waals surface area contributed by atoms with Gasteiger partial charge in [-0.15, -0.1) is 0 Å². The molecule has 0 aliphatic carbocycles. The maximum Gasteiger partial charge on any atom is 0.330 e. The highest BCUT2D eigenvalue weighted by atomic mass is 16.5. The summed E-state index contributed by atoms with van der Waals surface area (Å²) < 4.78 is 19.7. The van der Waals surface area contributed by atoms with Gasteiger partial charge in [-0.25, -0.2) is 4.79 Å². The van der Waals surface area contributed by atoms with Crippen LogP contribution >= 0.6 is 0 Å². The number of ether oxygens (including phenoxy) is 2. The number of rotatable bonds is 10. The van der Waals surface area contributed by atoms with Gasteiger partial charge in [0.05, 0.1) is 59.5 Å². The first-order valence-corrected chi connectivity index (χ1v) is 13.8. The van der Waals surface area contributed by atoms with E-state index in [4.69, 9.17) is 19.0 Å². The number of hydrogen-bond donors (Lipinski definition) is 1. The Morgan fingerprint density at radius 3 is 2.60 bits per heavy atom. The molecule has 0 fully saturated rings. The monoisotopic (exact) mass is 572 g/mol. The van der Waals surface area contributed by atoms with E-state index in [2.05, 4.69) is 15.5 Å². The van der Waals surface area contributed by atoms with E-state index in [0.717, 1.165) is 16.8 Å². The van der Waals surface area contributed by atoms with Crippen LogP contribution in [0.5, 0.6) is 5.75 Å².